The Hall–Kier alpha value is -5.97. The first-order valence-electron chi connectivity index (χ1n) is 16.6. The molecule has 0 aliphatic carbocycles. The van der Waals surface area contributed by atoms with E-state index in [9.17, 15) is 5.26 Å². The molecule has 0 fully saturated rings. The molecular formula is C47H27NSe. The van der Waals surface area contributed by atoms with E-state index < -0.39 is 0 Å². The number of hydrogen-bond donors (Lipinski definition) is 0. The maximum atomic E-state index is 10.2. The molecule has 10 aromatic rings. The second-order valence-corrected chi connectivity index (χ2v) is 15.0. The van der Waals surface area contributed by atoms with Gasteiger partial charge in [-0.2, -0.15) is 0 Å². The van der Waals surface area contributed by atoms with E-state index in [0.29, 0.717) is 0 Å². The van der Waals surface area contributed by atoms with Gasteiger partial charge in [0.1, 0.15) is 0 Å². The van der Waals surface area contributed by atoms with Crippen molar-refractivity contribution >= 4 is 76.9 Å². The third kappa shape index (κ3) is 4.24. The summed E-state index contributed by atoms with van der Waals surface area (Å²) in [6.07, 6.45) is 0. The van der Waals surface area contributed by atoms with Gasteiger partial charge in [-0.05, 0) is 0 Å². The van der Waals surface area contributed by atoms with Crippen LogP contribution in [0.4, 0.5) is 0 Å². The van der Waals surface area contributed by atoms with E-state index in [1.807, 2.05) is 12.1 Å². The number of nitrogens with zero attached hydrogens (tertiary/aromatic N) is 1. The molecule has 49 heavy (non-hydrogen) atoms. The molecule has 0 radical (unpaired) electrons. The van der Waals surface area contributed by atoms with Gasteiger partial charge in [0.15, 0.2) is 0 Å². The van der Waals surface area contributed by atoms with E-state index in [-0.39, 0.29) is 14.5 Å². The van der Waals surface area contributed by atoms with Gasteiger partial charge in [-0.1, -0.05) is 0 Å². The van der Waals surface area contributed by atoms with Gasteiger partial charge in [0.05, 0.1) is 0 Å². The summed E-state index contributed by atoms with van der Waals surface area (Å²) in [5.41, 5.74) is 8.24. The first-order valence-corrected chi connectivity index (χ1v) is 18.3. The molecule has 226 valence electrons. The number of fused-ring (bicyclic) bond motifs is 7. The molecule has 0 N–H and O–H groups in total. The maximum absolute atomic E-state index is 10.2. The predicted octanol–water partition coefficient (Wildman–Crippen LogP) is 12.5. The molecule has 9 aromatic carbocycles. The summed E-state index contributed by atoms with van der Waals surface area (Å²) in [6.45, 7) is 0. The molecule has 0 saturated heterocycles. The van der Waals surface area contributed by atoms with E-state index in [2.05, 4.69) is 158 Å². The van der Waals surface area contributed by atoms with Gasteiger partial charge in [-0.15, -0.1) is 0 Å². The standard InChI is InChI=1S/C47H27NSe/c48-28-42-32-14-4-6-16-35(32)46(36-17-7-5-15-33(36)42)30-23-25-43-41(26-30)34-24-22-31(27-44(34)49-43)47-39-20-10-8-18-37(39)45(29-12-2-1-3-13-29)38-19-9-11-21-40(38)47/h1-27H. The first-order chi connectivity index (χ1) is 24.3. The second kappa shape index (κ2) is 11.0. The summed E-state index contributed by atoms with van der Waals surface area (Å²) in [6, 6.07) is 61.9. The second-order valence-electron chi connectivity index (χ2n) is 12.7. The minimum atomic E-state index is 0.198. The zero-order valence-electron chi connectivity index (χ0n) is 26.4. The van der Waals surface area contributed by atoms with E-state index in [0.717, 1.165) is 27.1 Å². The normalized spacial score (nSPS) is 11.7. The van der Waals surface area contributed by atoms with Crippen LogP contribution in [0.25, 0.3) is 95.8 Å². The average Bonchev–Trinajstić information content (AvgIpc) is 3.53. The summed E-state index contributed by atoms with van der Waals surface area (Å²) in [7, 11) is 0. The SMILES string of the molecule is N#Cc1c2ccccc2c(-c2ccc3[se]c4cc(-c5c6ccccc6c(-c6ccccc6)c6ccccc56)ccc4c3c2)c2ccccc12. The van der Waals surface area contributed by atoms with Crippen molar-refractivity contribution in [1.82, 2.24) is 0 Å². The van der Waals surface area contributed by atoms with E-state index in [1.54, 1.807) is 0 Å². The van der Waals surface area contributed by atoms with Crippen molar-refractivity contribution in [3.05, 3.63) is 169 Å². The molecule has 0 atom stereocenters. The molecule has 1 heterocycles. The van der Waals surface area contributed by atoms with Crippen molar-refractivity contribution in [1.29, 1.82) is 5.26 Å². The Bertz CT molecular complexity index is 2880. The van der Waals surface area contributed by atoms with Gasteiger partial charge in [0, 0.05) is 0 Å². The quantitative estimate of drug-likeness (QED) is 0.134. The van der Waals surface area contributed by atoms with Crippen LogP contribution in [0, 0.1) is 11.3 Å². The number of nitriles is 1. The third-order valence-corrected chi connectivity index (χ3v) is 12.5. The Kier molecular flexibility index (Phi) is 6.33. The summed E-state index contributed by atoms with van der Waals surface area (Å²) in [4.78, 5) is 0. The van der Waals surface area contributed by atoms with Crippen LogP contribution >= 0.6 is 0 Å². The zero-order chi connectivity index (χ0) is 32.5. The molecule has 1 aromatic heterocycles. The molecule has 0 aliphatic heterocycles. The van der Waals surface area contributed by atoms with Crippen molar-refractivity contribution in [2.24, 2.45) is 0 Å². The molecular weight excluding hydrogens is 657 g/mol. The number of rotatable bonds is 3. The van der Waals surface area contributed by atoms with Crippen molar-refractivity contribution in [2.75, 3.05) is 0 Å². The van der Waals surface area contributed by atoms with E-state index in [1.165, 1.54) is 74.2 Å². The fourth-order valence-corrected chi connectivity index (χ4v) is 10.4. The van der Waals surface area contributed by atoms with Crippen LogP contribution in [0.1, 0.15) is 5.56 Å². The van der Waals surface area contributed by atoms with Crippen molar-refractivity contribution < 1.29 is 0 Å². The van der Waals surface area contributed by atoms with Crippen LogP contribution in [-0.2, 0) is 0 Å². The van der Waals surface area contributed by atoms with Crippen molar-refractivity contribution in [3.63, 3.8) is 0 Å². The van der Waals surface area contributed by atoms with Crippen LogP contribution < -0.4 is 0 Å². The van der Waals surface area contributed by atoms with Gasteiger partial charge < -0.3 is 0 Å². The van der Waals surface area contributed by atoms with Crippen LogP contribution in [0.5, 0.6) is 0 Å². The Morgan fingerprint density at radius 3 is 1.29 bits per heavy atom. The summed E-state index contributed by atoms with van der Waals surface area (Å²) >= 11 is 0.198. The topological polar surface area (TPSA) is 23.8 Å². The predicted molar refractivity (Wildman–Crippen MR) is 209 cm³/mol. The van der Waals surface area contributed by atoms with Crippen LogP contribution in [-0.4, -0.2) is 14.5 Å². The Labute approximate surface area is 289 Å². The molecule has 0 bridgehead atoms. The van der Waals surface area contributed by atoms with Crippen LogP contribution in [0.3, 0.4) is 0 Å². The fourth-order valence-electron chi connectivity index (χ4n) is 8.00. The Balaban J connectivity index is 1.20. The van der Waals surface area contributed by atoms with Crippen molar-refractivity contribution in [2.45, 2.75) is 0 Å². The average molecular weight is 685 g/mol. The third-order valence-electron chi connectivity index (χ3n) is 10.1. The van der Waals surface area contributed by atoms with E-state index in [4.69, 9.17) is 0 Å². The first kappa shape index (κ1) is 28.1. The Morgan fingerprint density at radius 2 is 0.755 bits per heavy atom. The van der Waals surface area contributed by atoms with Crippen LogP contribution in [0.2, 0.25) is 0 Å². The molecule has 1 nitrogen and oxygen atoms in total. The monoisotopic (exact) mass is 685 g/mol. The molecule has 0 unspecified atom stereocenters. The summed E-state index contributed by atoms with van der Waals surface area (Å²) < 4.78 is 2.84. The minimum absolute atomic E-state index is 0.198. The molecule has 0 aliphatic rings. The molecule has 2 heteroatoms. The van der Waals surface area contributed by atoms with Crippen molar-refractivity contribution in [3.8, 4) is 39.4 Å². The summed E-state index contributed by atoms with van der Waals surface area (Å²) in [5, 5.41) is 22.2. The molecule has 0 amide bonds. The van der Waals surface area contributed by atoms with Gasteiger partial charge in [-0.25, -0.2) is 0 Å². The number of hydrogen-bond acceptors (Lipinski definition) is 1. The molecule has 0 spiro atoms. The molecule has 10 rings (SSSR count). The van der Waals surface area contributed by atoms with Crippen LogP contribution in [0.15, 0.2) is 164 Å². The summed E-state index contributed by atoms with van der Waals surface area (Å²) in [5.74, 6) is 0. The molecule has 0 saturated carbocycles. The van der Waals surface area contributed by atoms with Gasteiger partial charge in [0.25, 0.3) is 0 Å². The fraction of sp³-hybridized carbons (Fsp3) is 0. The van der Waals surface area contributed by atoms with Gasteiger partial charge in [-0.3, -0.25) is 0 Å². The number of benzene rings is 9. The Morgan fingerprint density at radius 1 is 0.327 bits per heavy atom. The van der Waals surface area contributed by atoms with Gasteiger partial charge in [0.2, 0.25) is 0 Å². The zero-order valence-corrected chi connectivity index (χ0v) is 28.2. The van der Waals surface area contributed by atoms with Gasteiger partial charge >= 0.3 is 291 Å². The van der Waals surface area contributed by atoms with E-state index >= 15 is 0 Å².